The number of rotatable bonds is 8. The Morgan fingerprint density at radius 1 is 1.15 bits per heavy atom. The van der Waals surface area contributed by atoms with Crippen LogP contribution in [0.15, 0.2) is 30.3 Å². The van der Waals surface area contributed by atoms with Crippen molar-refractivity contribution in [2.75, 3.05) is 13.2 Å². The molecule has 3 aliphatic rings. The zero-order chi connectivity index (χ0) is 24.7. The standard InChI is InChI=1S/C26H37N3O5/c1-24(2,3)28-22(32)20-26-13-12-25(4,34-26)18(19(26)23(33)29(20)14-8-9-15-30)21(31)27-16-17-10-6-5-7-11-17/h5-7,10-11,18-20,30H,8-9,12-16H2,1-4H3,(H,27,31)(H,28,32)/t18-,19+,20?,25+,26?/m1/s1. The molecule has 3 amide bonds. The molecule has 2 bridgehead atoms. The average molecular weight is 472 g/mol. The molecule has 3 saturated heterocycles. The van der Waals surface area contributed by atoms with Gasteiger partial charge >= 0.3 is 0 Å². The first-order valence-electron chi connectivity index (χ1n) is 12.3. The number of aliphatic hydroxyl groups is 1. The number of hydrogen-bond donors (Lipinski definition) is 3. The van der Waals surface area contributed by atoms with Crippen LogP contribution in [0.2, 0.25) is 0 Å². The fraction of sp³-hybridized carbons (Fsp3) is 0.654. The van der Waals surface area contributed by atoms with E-state index in [9.17, 15) is 19.5 Å². The lowest BCUT2D eigenvalue weighted by atomic mass is 9.66. The Morgan fingerprint density at radius 2 is 1.85 bits per heavy atom. The van der Waals surface area contributed by atoms with E-state index in [-0.39, 0.29) is 24.3 Å². The fourth-order valence-corrected chi connectivity index (χ4v) is 6.09. The van der Waals surface area contributed by atoms with E-state index in [1.807, 2.05) is 58.0 Å². The van der Waals surface area contributed by atoms with Crippen LogP contribution >= 0.6 is 0 Å². The minimum Gasteiger partial charge on any atom is -0.396 e. The molecule has 3 fully saturated rings. The second-order valence-electron chi connectivity index (χ2n) is 11.1. The summed E-state index contributed by atoms with van der Waals surface area (Å²) in [7, 11) is 0. The largest absolute Gasteiger partial charge is 0.396 e. The number of carbonyl (C=O) groups is 3. The smallest absolute Gasteiger partial charge is 0.246 e. The van der Waals surface area contributed by atoms with Gasteiger partial charge in [-0.1, -0.05) is 30.3 Å². The molecule has 1 aromatic rings. The number of amides is 3. The highest BCUT2D eigenvalue weighted by Gasteiger charge is 2.77. The van der Waals surface area contributed by atoms with Gasteiger partial charge in [0.05, 0.1) is 17.4 Å². The molecule has 3 aliphatic heterocycles. The van der Waals surface area contributed by atoms with Crippen LogP contribution in [0.4, 0.5) is 0 Å². The summed E-state index contributed by atoms with van der Waals surface area (Å²) >= 11 is 0. The number of nitrogens with zero attached hydrogens (tertiary/aromatic N) is 1. The highest BCUT2D eigenvalue weighted by molar-refractivity contribution is 5.99. The number of benzene rings is 1. The molecule has 8 nitrogen and oxygen atoms in total. The van der Waals surface area contributed by atoms with E-state index in [0.29, 0.717) is 38.8 Å². The van der Waals surface area contributed by atoms with E-state index in [1.54, 1.807) is 4.90 Å². The third-order valence-corrected chi connectivity index (χ3v) is 7.42. The van der Waals surface area contributed by atoms with Crippen LogP contribution in [0.3, 0.4) is 0 Å². The van der Waals surface area contributed by atoms with Gasteiger partial charge in [-0.2, -0.15) is 0 Å². The molecule has 1 spiro atoms. The zero-order valence-corrected chi connectivity index (χ0v) is 20.6. The first-order valence-corrected chi connectivity index (χ1v) is 12.3. The zero-order valence-electron chi connectivity index (χ0n) is 20.6. The predicted octanol–water partition coefficient (Wildman–Crippen LogP) is 1.75. The molecule has 186 valence electrons. The lowest BCUT2D eigenvalue weighted by Gasteiger charge is -2.35. The van der Waals surface area contributed by atoms with Crippen LogP contribution in [0.25, 0.3) is 0 Å². The van der Waals surface area contributed by atoms with Crippen molar-refractivity contribution in [3.05, 3.63) is 35.9 Å². The molecule has 0 aliphatic carbocycles. The Labute approximate surface area is 201 Å². The second-order valence-corrected chi connectivity index (χ2v) is 11.1. The molecule has 3 N–H and O–H groups in total. The van der Waals surface area contributed by atoms with Gasteiger partial charge in [-0.25, -0.2) is 0 Å². The molecule has 1 aromatic carbocycles. The maximum atomic E-state index is 13.8. The number of unbranched alkanes of at least 4 members (excludes halogenated alkanes) is 1. The molecule has 5 atom stereocenters. The first kappa shape index (κ1) is 24.7. The normalized spacial score (nSPS) is 32.1. The van der Waals surface area contributed by atoms with Crippen LogP contribution in [-0.4, -0.2) is 63.7 Å². The lowest BCUT2D eigenvalue weighted by molar-refractivity contribution is -0.146. The molecule has 2 unspecified atom stereocenters. The van der Waals surface area contributed by atoms with Gasteiger partial charge in [0, 0.05) is 25.2 Å². The highest BCUT2D eigenvalue weighted by atomic mass is 16.5. The molecule has 8 heteroatoms. The summed E-state index contributed by atoms with van der Waals surface area (Å²) in [6.07, 6.45) is 2.28. The number of nitrogens with one attached hydrogen (secondary N) is 2. The number of likely N-dealkylation sites (tertiary alicyclic amines) is 1. The van der Waals surface area contributed by atoms with Crippen molar-refractivity contribution in [2.24, 2.45) is 11.8 Å². The van der Waals surface area contributed by atoms with Gasteiger partial charge in [-0.05, 0) is 58.9 Å². The van der Waals surface area contributed by atoms with Crippen LogP contribution in [0.1, 0.15) is 58.9 Å². The number of ether oxygens (including phenoxy) is 1. The lowest BCUT2D eigenvalue weighted by Crippen LogP contribution is -2.58. The monoisotopic (exact) mass is 471 g/mol. The first-order chi connectivity index (χ1) is 16.0. The summed E-state index contributed by atoms with van der Waals surface area (Å²) in [5.41, 5.74) is -1.31. The van der Waals surface area contributed by atoms with Crippen molar-refractivity contribution in [2.45, 2.75) is 82.7 Å². The minimum absolute atomic E-state index is 0.0224. The molecular formula is C26H37N3O5. The number of aliphatic hydroxyl groups excluding tert-OH is 1. The Hall–Kier alpha value is -2.45. The maximum absolute atomic E-state index is 13.8. The van der Waals surface area contributed by atoms with E-state index in [2.05, 4.69) is 10.6 Å². The molecule has 0 aromatic heterocycles. The van der Waals surface area contributed by atoms with E-state index < -0.39 is 34.6 Å². The second kappa shape index (κ2) is 8.96. The van der Waals surface area contributed by atoms with Crippen LogP contribution in [0.5, 0.6) is 0 Å². The molecule has 0 radical (unpaired) electrons. The summed E-state index contributed by atoms with van der Waals surface area (Å²) in [4.78, 5) is 42.4. The van der Waals surface area contributed by atoms with E-state index >= 15 is 0 Å². The molecule has 3 heterocycles. The van der Waals surface area contributed by atoms with Gasteiger partial charge < -0.3 is 25.4 Å². The summed E-state index contributed by atoms with van der Waals surface area (Å²) in [6, 6.07) is 8.85. The fourth-order valence-electron chi connectivity index (χ4n) is 6.09. The molecule has 4 rings (SSSR count). The predicted molar refractivity (Wildman–Crippen MR) is 126 cm³/mol. The molecular weight excluding hydrogens is 434 g/mol. The van der Waals surface area contributed by atoms with Crippen LogP contribution < -0.4 is 10.6 Å². The van der Waals surface area contributed by atoms with Crippen molar-refractivity contribution >= 4 is 17.7 Å². The van der Waals surface area contributed by atoms with Gasteiger partial charge in [0.25, 0.3) is 0 Å². The van der Waals surface area contributed by atoms with Crippen LogP contribution in [-0.2, 0) is 25.7 Å². The Balaban J connectivity index is 1.63. The van der Waals surface area contributed by atoms with E-state index in [1.165, 1.54) is 0 Å². The van der Waals surface area contributed by atoms with Gasteiger partial charge in [0.2, 0.25) is 17.7 Å². The summed E-state index contributed by atoms with van der Waals surface area (Å²) in [5.74, 6) is -2.02. The molecule has 34 heavy (non-hydrogen) atoms. The van der Waals surface area contributed by atoms with Gasteiger partial charge in [-0.15, -0.1) is 0 Å². The quantitative estimate of drug-likeness (QED) is 0.501. The Morgan fingerprint density at radius 3 is 2.50 bits per heavy atom. The number of carbonyl (C=O) groups excluding carboxylic acids is 3. The molecule has 0 saturated carbocycles. The van der Waals surface area contributed by atoms with Gasteiger partial charge in [0.1, 0.15) is 11.6 Å². The number of hydrogen-bond acceptors (Lipinski definition) is 5. The Kier molecular flexibility index (Phi) is 6.50. The van der Waals surface area contributed by atoms with E-state index in [0.717, 1.165) is 5.56 Å². The topological polar surface area (TPSA) is 108 Å². The van der Waals surface area contributed by atoms with Gasteiger partial charge in [-0.3, -0.25) is 14.4 Å². The van der Waals surface area contributed by atoms with Crippen molar-refractivity contribution in [1.82, 2.24) is 15.5 Å². The van der Waals surface area contributed by atoms with Gasteiger partial charge in [0.15, 0.2) is 0 Å². The summed E-state index contributed by atoms with van der Waals surface area (Å²) < 4.78 is 6.58. The average Bonchev–Trinajstić information content (AvgIpc) is 3.33. The SMILES string of the molecule is CC(C)(C)NC(=O)C1N(CCCCO)C(=O)[C@@H]2[C@H](C(=O)NCc3ccccc3)[C@]3(C)CCC12O3. The van der Waals surface area contributed by atoms with Crippen molar-refractivity contribution in [3.8, 4) is 0 Å². The van der Waals surface area contributed by atoms with Crippen molar-refractivity contribution < 1.29 is 24.2 Å². The Bertz CT molecular complexity index is 946. The highest BCUT2D eigenvalue weighted by Crippen LogP contribution is 2.63. The van der Waals surface area contributed by atoms with Crippen molar-refractivity contribution in [3.63, 3.8) is 0 Å². The minimum atomic E-state index is -1.02. The van der Waals surface area contributed by atoms with Crippen LogP contribution in [0, 0.1) is 11.8 Å². The number of fused-ring (bicyclic) bond motifs is 1. The summed E-state index contributed by atoms with van der Waals surface area (Å²) in [6.45, 7) is 8.35. The third kappa shape index (κ3) is 4.22. The van der Waals surface area contributed by atoms with Crippen molar-refractivity contribution in [1.29, 1.82) is 0 Å². The summed E-state index contributed by atoms with van der Waals surface area (Å²) in [5, 5.41) is 15.3. The third-order valence-electron chi connectivity index (χ3n) is 7.42. The maximum Gasteiger partial charge on any atom is 0.246 e. The van der Waals surface area contributed by atoms with E-state index in [4.69, 9.17) is 4.74 Å².